The Balaban J connectivity index is 2.41. The lowest BCUT2D eigenvalue weighted by atomic mass is 9.83. The van der Waals surface area contributed by atoms with Gasteiger partial charge in [-0.15, -0.1) is 0 Å². The molecule has 1 aliphatic heterocycles. The molecule has 1 N–H and O–H groups in total. The van der Waals surface area contributed by atoms with Crippen molar-refractivity contribution in [2.24, 2.45) is 5.41 Å². The van der Waals surface area contributed by atoms with Crippen LogP contribution in [0, 0.1) is 5.41 Å². The Morgan fingerprint density at radius 1 is 1.04 bits per heavy atom. The highest BCUT2D eigenvalue weighted by molar-refractivity contribution is 6.21. The van der Waals surface area contributed by atoms with Crippen LogP contribution in [0.3, 0.4) is 0 Å². The molecule has 6 heteroatoms. The van der Waals surface area contributed by atoms with Crippen molar-refractivity contribution in [3.63, 3.8) is 0 Å². The van der Waals surface area contributed by atoms with Gasteiger partial charge in [-0.3, -0.25) is 19.4 Å². The molecule has 0 saturated heterocycles. The SMILES string of the molecule is CC(C)(C)[C@@H](CN1C(=O)c2ccccc2C1=O)N(C(=O)O)C(C)(C)C. The van der Waals surface area contributed by atoms with E-state index >= 15 is 0 Å². The van der Waals surface area contributed by atoms with Crippen LogP contribution in [-0.4, -0.2) is 50.9 Å². The zero-order valence-corrected chi connectivity index (χ0v) is 15.7. The zero-order chi connectivity index (χ0) is 19.2. The van der Waals surface area contributed by atoms with Crippen LogP contribution in [0.25, 0.3) is 0 Å². The maximum absolute atomic E-state index is 12.7. The molecule has 1 aromatic carbocycles. The lowest BCUT2D eigenvalue weighted by molar-refractivity contribution is 0.0122. The molecule has 0 aromatic heterocycles. The van der Waals surface area contributed by atoms with E-state index in [2.05, 4.69) is 0 Å². The molecule has 0 spiro atoms. The van der Waals surface area contributed by atoms with Crippen molar-refractivity contribution in [3.05, 3.63) is 35.4 Å². The van der Waals surface area contributed by atoms with Crippen LogP contribution < -0.4 is 0 Å². The highest BCUT2D eigenvalue weighted by Gasteiger charge is 2.44. The molecule has 1 atom stereocenters. The van der Waals surface area contributed by atoms with Crippen LogP contribution in [-0.2, 0) is 0 Å². The molecule has 1 aromatic rings. The number of rotatable bonds is 3. The molecule has 0 saturated carbocycles. The van der Waals surface area contributed by atoms with Crippen molar-refractivity contribution in [2.45, 2.75) is 53.1 Å². The maximum Gasteiger partial charge on any atom is 0.408 e. The number of carbonyl (C=O) groups is 3. The maximum atomic E-state index is 12.7. The number of imide groups is 1. The quantitative estimate of drug-likeness (QED) is 0.850. The molecule has 1 aliphatic rings. The lowest BCUT2D eigenvalue weighted by Crippen LogP contribution is -2.60. The summed E-state index contributed by atoms with van der Waals surface area (Å²) in [6.45, 7) is 11.2. The lowest BCUT2D eigenvalue weighted by Gasteiger charge is -2.46. The van der Waals surface area contributed by atoms with Crippen molar-refractivity contribution >= 4 is 17.9 Å². The van der Waals surface area contributed by atoms with E-state index in [0.29, 0.717) is 11.1 Å². The van der Waals surface area contributed by atoms with Gasteiger partial charge >= 0.3 is 6.09 Å². The van der Waals surface area contributed by atoms with Crippen LogP contribution in [0.2, 0.25) is 0 Å². The first kappa shape index (κ1) is 19.0. The number of hydrogen-bond donors (Lipinski definition) is 1. The second-order valence-corrected chi connectivity index (χ2v) is 8.47. The smallest absolute Gasteiger partial charge is 0.408 e. The van der Waals surface area contributed by atoms with Gasteiger partial charge in [0.2, 0.25) is 0 Å². The Morgan fingerprint density at radius 2 is 1.48 bits per heavy atom. The Hall–Kier alpha value is -2.37. The summed E-state index contributed by atoms with van der Waals surface area (Å²) in [4.78, 5) is 39.7. The van der Waals surface area contributed by atoms with Gasteiger partial charge in [-0.1, -0.05) is 32.9 Å². The van der Waals surface area contributed by atoms with Crippen molar-refractivity contribution < 1.29 is 19.5 Å². The fourth-order valence-corrected chi connectivity index (χ4v) is 3.21. The summed E-state index contributed by atoms with van der Waals surface area (Å²) in [6.07, 6.45) is -1.07. The normalized spacial score (nSPS) is 16.0. The van der Waals surface area contributed by atoms with Crippen LogP contribution in [0.1, 0.15) is 62.3 Å². The van der Waals surface area contributed by atoms with Gasteiger partial charge in [-0.25, -0.2) is 4.79 Å². The first-order valence-corrected chi connectivity index (χ1v) is 8.33. The molecule has 0 aliphatic carbocycles. The van der Waals surface area contributed by atoms with E-state index in [1.807, 2.05) is 41.5 Å². The van der Waals surface area contributed by atoms with Crippen LogP contribution >= 0.6 is 0 Å². The summed E-state index contributed by atoms with van der Waals surface area (Å²) >= 11 is 0. The summed E-state index contributed by atoms with van der Waals surface area (Å²) in [5, 5.41) is 9.76. The van der Waals surface area contributed by atoms with Gasteiger partial charge < -0.3 is 5.11 Å². The highest BCUT2D eigenvalue weighted by Crippen LogP contribution is 2.33. The number of carbonyl (C=O) groups excluding carboxylic acids is 2. The molecular formula is C19H26N2O4. The first-order chi connectivity index (χ1) is 11.4. The van der Waals surface area contributed by atoms with E-state index in [1.165, 1.54) is 9.80 Å². The van der Waals surface area contributed by atoms with Gasteiger partial charge in [-0.05, 0) is 38.3 Å². The molecule has 0 unspecified atom stereocenters. The molecule has 1 heterocycles. The van der Waals surface area contributed by atoms with E-state index in [1.54, 1.807) is 24.3 Å². The summed E-state index contributed by atoms with van der Waals surface area (Å²) in [5.74, 6) is -0.733. The van der Waals surface area contributed by atoms with E-state index in [4.69, 9.17) is 0 Å². The number of carboxylic acid groups (broad SMARTS) is 1. The van der Waals surface area contributed by atoms with Gasteiger partial charge in [0, 0.05) is 5.54 Å². The van der Waals surface area contributed by atoms with Crippen LogP contribution in [0.5, 0.6) is 0 Å². The van der Waals surface area contributed by atoms with E-state index in [0.717, 1.165) is 0 Å². The number of benzene rings is 1. The van der Waals surface area contributed by atoms with Gasteiger partial charge in [-0.2, -0.15) is 0 Å². The molecule has 0 bridgehead atoms. The predicted molar refractivity (Wildman–Crippen MR) is 94.7 cm³/mol. The minimum absolute atomic E-state index is 0.0272. The highest BCUT2D eigenvalue weighted by atomic mass is 16.4. The van der Waals surface area contributed by atoms with E-state index < -0.39 is 23.1 Å². The topological polar surface area (TPSA) is 77.9 Å². The Kier molecular flexibility index (Phi) is 4.68. The van der Waals surface area contributed by atoms with Crippen LogP contribution in [0.4, 0.5) is 4.79 Å². The van der Waals surface area contributed by atoms with Crippen molar-refractivity contribution in [1.82, 2.24) is 9.80 Å². The molecule has 136 valence electrons. The van der Waals surface area contributed by atoms with E-state index in [-0.39, 0.29) is 18.4 Å². The molecule has 0 fully saturated rings. The number of hydrogen-bond acceptors (Lipinski definition) is 3. The van der Waals surface area contributed by atoms with Gasteiger partial charge in [0.25, 0.3) is 11.8 Å². The largest absolute Gasteiger partial charge is 0.465 e. The Morgan fingerprint density at radius 3 is 1.80 bits per heavy atom. The number of nitrogens with zero attached hydrogens (tertiary/aromatic N) is 2. The summed E-state index contributed by atoms with van der Waals surface area (Å²) < 4.78 is 0. The number of fused-ring (bicyclic) bond motifs is 1. The van der Waals surface area contributed by atoms with Crippen molar-refractivity contribution in [1.29, 1.82) is 0 Å². The molecule has 25 heavy (non-hydrogen) atoms. The molecule has 6 nitrogen and oxygen atoms in total. The average Bonchev–Trinajstić information content (AvgIpc) is 2.69. The van der Waals surface area contributed by atoms with Crippen LogP contribution in [0.15, 0.2) is 24.3 Å². The fourth-order valence-electron chi connectivity index (χ4n) is 3.21. The predicted octanol–water partition coefficient (Wildman–Crippen LogP) is 3.48. The van der Waals surface area contributed by atoms with Gasteiger partial charge in [0.1, 0.15) is 0 Å². The standard InChI is InChI=1S/C19H26N2O4/c1-18(2,3)14(21(17(24)25)19(4,5)6)11-20-15(22)12-9-7-8-10-13(12)16(20)23/h7-10,14H,11H2,1-6H3,(H,24,25)/t14-/m1/s1. The van der Waals surface area contributed by atoms with E-state index in [9.17, 15) is 19.5 Å². The summed E-state index contributed by atoms with van der Waals surface area (Å²) in [5.41, 5.74) is -0.376. The third kappa shape index (κ3) is 3.52. The Labute approximate surface area is 148 Å². The summed E-state index contributed by atoms with van der Waals surface area (Å²) in [6, 6.07) is 6.15. The minimum atomic E-state index is -1.07. The molecular weight excluding hydrogens is 320 g/mol. The molecule has 0 radical (unpaired) electrons. The van der Waals surface area contributed by atoms with Gasteiger partial charge in [0.05, 0.1) is 23.7 Å². The Bertz CT molecular complexity index is 678. The second kappa shape index (κ2) is 6.17. The molecule has 3 amide bonds. The second-order valence-electron chi connectivity index (χ2n) is 8.47. The first-order valence-electron chi connectivity index (χ1n) is 8.33. The summed E-state index contributed by atoms with van der Waals surface area (Å²) in [7, 11) is 0. The fraction of sp³-hybridized carbons (Fsp3) is 0.526. The monoisotopic (exact) mass is 346 g/mol. The average molecular weight is 346 g/mol. The zero-order valence-electron chi connectivity index (χ0n) is 15.7. The third-order valence-corrected chi connectivity index (χ3v) is 4.47. The van der Waals surface area contributed by atoms with Crippen molar-refractivity contribution in [2.75, 3.05) is 6.54 Å². The molecule has 2 rings (SSSR count). The third-order valence-electron chi connectivity index (χ3n) is 4.47. The van der Waals surface area contributed by atoms with Gasteiger partial charge in [0.15, 0.2) is 0 Å². The minimum Gasteiger partial charge on any atom is -0.465 e. The van der Waals surface area contributed by atoms with Crippen molar-refractivity contribution in [3.8, 4) is 0 Å². The number of amides is 3.